The number of hydrogen-bond donors (Lipinski definition) is 0. The van der Waals surface area contributed by atoms with Gasteiger partial charge in [0, 0.05) is 28.3 Å². The van der Waals surface area contributed by atoms with E-state index in [1.807, 2.05) is 59.6 Å². The second-order valence-electron chi connectivity index (χ2n) is 14.2. The van der Waals surface area contributed by atoms with E-state index in [1.165, 1.54) is 38.7 Å². The average molecular weight is 603 g/mol. The highest BCUT2D eigenvalue weighted by molar-refractivity contribution is 6.17. The van der Waals surface area contributed by atoms with Gasteiger partial charge in [0.1, 0.15) is 5.82 Å². The summed E-state index contributed by atoms with van der Waals surface area (Å²) in [5, 5.41) is 6.25. The van der Waals surface area contributed by atoms with Crippen molar-refractivity contribution in [3.63, 3.8) is 0 Å². The van der Waals surface area contributed by atoms with Crippen molar-refractivity contribution in [3.05, 3.63) is 144 Å². The van der Waals surface area contributed by atoms with E-state index in [0.717, 1.165) is 33.4 Å². The van der Waals surface area contributed by atoms with Crippen LogP contribution >= 0.6 is 0 Å². The van der Waals surface area contributed by atoms with Crippen LogP contribution < -0.4 is 4.90 Å². The van der Waals surface area contributed by atoms with Gasteiger partial charge in [-0.05, 0) is 97.8 Å². The second kappa shape index (κ2) is 11.1. The van der Waals surface area contributed by atoms with Gasteiger partial charge in [0.2, 0.25) is 0 Å². The average Bonchev–Trinajstić information content (AvgIpc) is 3.04. The zero-order valence-corrected chi connectivity index (χ0v) is 27.4. The maximum Gasteiger partial charge on any atom is 0.147 e. The van der Waals surface area contributed by atoms with Crippen LogP contribution in [0.1, 0.15) is 52.7 Å². The molecule has 7 rings (SSSR count). The highest BCUT2D eigenvalue weighted by atomic mass is 19.1. The van der Waals surface area contributed by atoms with Crippen molar-refractivity contribution in [2.24, 2.45) is 0 Å². The van der Waals surface area contributed by atoms with Gasteiger partial charge < -0.3 is 4.90 Å². The van der Waals surface area contributed by atoms with Crippen molar-refractivity contribution in [1.82, 2.24) is 4.98 Å². The largest absolute Gasteiger partial charge is 0.308 e. The Labute approximate surface area is 271 Å². The maximum absolute atomic E-state index is 15.1. The minimum absolute atomic E-state index is 0.102. The van der Waals surface area contributed by atoms with Crippen LogP contribution in [0.3, 0.4) is 0 Å². The molecule has 0 fully saturated rings. The summed E-state index contributed by atoms with van der Waals surface area (Å²) >= 11 is 0. The van der Waals surface area contributed by atoms with E-state index in [1.54, 1.807) is 6.07 Å². The van der Waals surface area contributed by atoms with Crippen LogP contribution in [-0.2, 0) is 10.8 Å². The zero-order chi connectivity index (χ0) is 32.2. The molecule has 0 amide bonds. The smallest absolute Gasteiger partial charge is 0.147 e. The number of anilines is 3. The standard InChI is InChI=1S/C43H39FN2/c1-42(2,3)39-34-25-20-29-13-12-26-45-41(29)38(34)40(43(4,5)6)33-24-21-30(27-35(33)39)28-18-22-32(23-19-28)46(31-14-8-7-9-15-31)37-17-11-10-16-36(37)44/h7-27H,1-6H3. The molecule has 0 aliphatic heterocycles. The van der Waals surface area contributed by atoms with Gasteiger partial charge >= 0.3 is 0 Å². The minimum atomic E-state index is -0.260. The number of benzene rings is 6. The number of rotatable bonds is 4. The summed E-state index contributed by atoms with van der Waals surface area (Å²) in [4.78, 5) is 6.89. The Bertz CT molecular complexity index is 2220. The molecule has 7 aromatic rings. The third kappa shape index (κ3) is 5.10. The zero-order valence-electron chi connectivity index (χ0n) is 27.4. The van der Waals surface area contributed by atoms with Gasteiger partial charge in [0.05, 0.1) is 11.2 Å². The summed E-state index contributed by atoms with van der Waals surface area (Å²) in [5.74, 6) is -0.260. The molecule has 0 unspecified atom stereocenters. The van der Waals surface area contributed by atoms with Gasteiger partial charge in [-0.1, -0.05) is 114 Å². The van der Waals surface area contributed by atoms with Crippen LogP contribution in [0.4, 0.5) is 21.5 Å². The quantitative estimate of drug-likeness (QED) is 0.147. The fraction of sp³-hybridized carbons (Fsp3) is 0.186. The fourth-order valence-electron chi connectivity index (χ4n) is 7.06. The van der Waals surface area contributed by atoms with Crippen LogP contribution in [0, 0.1) is 5.82 Å². The molecule has 3 heteroatoms. The second-order valence-corrected chi connectivity index (χ2v) is 14.2. The molecule has 0 aliphatic rings. The molecule has 46 heavy (non-hydrogen) atoms. The predicted octanol–water partition coefficient (Wildman–Crippen LogP) is 12.4. The van der Waals surface area contributed by atoms with Gasteiger partial charge in [-0.2, -0.15) is 0 Å². The third-order valence-electron chi connectivity index (χ3n) is 8.92. The fourth-order valence-corrected chi connectivity index (χ4v) is 7.06. The maximum atomic E-state index is 15.1. The van der Waals surface area contributed by atoms with Crippen LogP contribution in [-0.4, -0.2) is 4.98 Å². The lowest BCUT2D eigenvalue weighted by molar-refractivity contribution is 0.593. The van der Waals surface area contributed by atoms with Gasteiger partial charge in [0.25, 0.3) is 0 Å². The Morgan fingerprint density at radius 3 is 1.87 bits per heavy atom. The summed E-state index contributed by atoms with van der Waals surface area (Å²) in [6.45, 7) is 13.8. The first kappa shape index (κ1) is 29.7. The predicted molar refractivity (Wildman–Crippen MR) is 194 cm³/mol. The third-order valence-corrected chi connectivity index (χ3v) is 8.92. The topological polar surface area (TPSA) is 16.1 Å². The monoisotopic (exact) mass is 602 g/mol. The Balaban J connectivity index is 1.44. The van der Waals surface area contributed by atoms with Crippen LogP contribution in [0.15, 0.2) is 128 Å². The summed E-state index contributed by atoms with van der Waals surface area (Å²) in [6.07, 6.45) is 1.91. The molecule has 0 aliphatic carbocycles. The van der Waals surface area contributed by atoms with Crippen molar-refractivity contribution < 1.29 is 4.39 Å². The normalized spacial score (nSPS) is 12.2. The van der Waals surface area contributed by atoms with Crippen LogP contribution in [0.5, 0.6) is 0 Å². The molecule has 0 bridgehead atoms. The number of para-hydroxylation sites is 2. The Morgan fingerprint density at radius 2 is 1.17 bits per heavy atom. The molecule has 6 aromatic carbocycles. The number of hydrogen-bond acceptors (Lipinski definition) is 2. The van der Waals surface area contributed by atoms with E-state index < -0.39 is 0 Å². The number of halogens is 1. The Hall–Kier alpha value is -5.02. The number of fused-ring (bicyclic) bond motifs is 4. The number of nitrogens with zero attached hydrogens (tertiary/aromatic N) is 2. The van der Waals surface area contributed by atoms with E-state index >= 15 is 4.39 Å². The molecule has 0 saturated carbocycles. The molecule has 0 radical (unpaired) electrons. The van der Waals surface area contributed by atoms with Gasteiger partial charge in [0.15, 0.2) is 0 Å². The first-order valence-electron chi connectivity index (χ1n) is 16.0. The van der Waals surface area contributed by atoms with Crippen LogP contribution in [0.25, 0.3) is 43.6 Å². The summed E-state index contributed by atoms with van der Waals surface area (Å²) in [7, 11) is 0. The lowest BCUT2D eigenvalue weighted by Crippen LogP contribution is -2.18. The van der Waals surface area contributed by atoms with Gasteiger partial charge in [-0.15, -0.1) is 0 Å². The van der Waals surface area contributed by atoms with E-state index in [4.69, 9.17) is 4.98 Å². The summed E-state index contributed by atoms with van der Waals surface area (Å²) in [6, 6.07) is 41.0. The lowest BCUT2D eigenvalue weighted by atomic mass is 9.73. The van der Waals surface area contributed by atoms with Crippen molar-refractivity contribution >= 4 is 49.5 Å². The molecular formula is C43H39FN2. The summed E-state index contributed by atoms with van der Waals surface area (Å²) < 4.78 is 15.1. The Kier molecular flexibility index (Phi) is 7.16. The summed E-state index contributed by atoms with van der Waals surface area (Å²) in [5.41, 5.74) is 8.13. The van der Waals surface area contributed by atoms with Crippen molar-refractivity contribution in [1.29, 1.82) is 0 Å². The van der Waals surface area contributed by atoms with E-state index in [9.17, 15) is 0 Å². The number of pyridine rings is 1. The molecule has 2 nitrogen and oxygen atoms in total. The molecule has 1 aromatic heterocycles. The van der Waals surface area contributed by atoms with Crippen molar-refractivity contribution in [2.45, 2.75) is 52.4 Å². The van der Waals surface area contributed by atoms with Crippen LogP contribution in [0.2, 0.25) is 0 Å². The Morgan fingerprint density at radius 1 is 0.543 bits per heavy atom. The van der Waals surface area contributed by atoms with Crippen molar-refractivity contribution in [2.75, 3.05) is 4.90 Å². The first-order chi connectivity index (χ1) is 22.0. The lowest BCUT2D eigenvalue weighted by Gasteiger charge is -2.31. The molecular weight excluding hydrogens is 563 g/mol. The van der Waals surface area contributed by atoms with Crippen molar-refractivity contribution in [3.8, 4) is 11.1 Å². The highest BCUT2D eigenvalue weighted by Crippen LogP contribution is 2.46. The molecule has 0 N–H and O–H groups in total. The molecule has 0 saturated heterocycles. The molecule has 1 heterocycles. The first-order valence-corrected chi connectivity index (χ1v) is 16.0. The minimum Gasteiger partial charge on any atom is -0.308 e. The van der Waals surface area contributed by atoms with Gasteiger partial charge in [-0.25, -0.2) is 4.39 Å². The molecule has 0 atom stereocenters. The van der Waals surface area contributed by atoms with E-state index in [-0.39, 0.29) is 16.6 Å². The van der Waals surface area contributed by atoms with E-state index in [0.29, 0.717) is 5.69 Å². The van der Waals surface area contributed by atoms with Gasteiger partial charge in [-0.3, -0.25) is 4.98 Å². The molecule has 0 spiro atoms. The number of aromatic nitrogens is 1. The van der Waals surface area contributed by atoms with E-state index in [2.05, 4.69) is 102 Å². The highest BCUT2D eigenvalue weighted by Gasteiger charge is 2.29. The molecule has 228 valence electrons. The SMILES string of the molecule is CC(C)(C)c1c2cc(-c3ccc(N(c4ccccc4)c4ccccc4F)cc3)ccc2c(C(C)(C)C)c2c1ccc1cccnc12.